The Hall–Kier alpha value is -1.93. The molecule has 3 N–H and O–H groups in total. The van der Waals surface area contributed by atoms with E-state index in [0.29, 0.717) is 59.8 Å². The molecule has 134 valence electrons. The molecule has 0 amide bonds. The van der Waals surface area contributed by atoms with Crippen molar-refractivity contribution in [2.45, 2.75) is 12.8 Å². The van der Waals surface area contributed by atoms with Crippen molar-refractivity contribution < 1.29 is 24.5 Å². The Morgan fingerprint density at radius 1 is 1.24 bits per heavy atom. The van der Waals surface area contributed by atoms with Crippen LogP contribution < -0.4 is 0 Å². The van der Waals surface area contributed by atoms with Gasteiger partial charge in [-0.15, -0.1) is 11.3 Å². The van der Waals surface area contributed by atoms with Crippen molar-refractivity contribution in [3.63, 3.8) is 0 Å². The number of fused-ring (bicyclic) bond motifs is 1. The van der Waals surface area contributed by atoms with E-state index in [0.717, 1.165) is 0 Å². The van der Waals surface area contributed by atoms with Gasteiger partial charge in [-0.2, -0.15) is 0 Å². The lowest BCUT2D eigenvalue weighted by atomic mass is 9.90. The molecule has 2 aromatic rings. The van der Waals surface area contributed by atoms with Gasteiger partial charge in [0.2, 0.25) is 5.78 Å². The summed E-state index contributed by atoms with van der Waals surface area (Å²) in [6.07, 6.45) is 2.46. The van der Waals surface area contributed by atoms with Crippen LogP contribution in [0.1, 0.15) is 33.0 Å². The van der Waals surface area contributed by atoms with Crippen LogP contribution in [0.5, 0.6) is 0 Å². The largest absolute Gasteiger partial charge is 0.512 e. The van der Waals surface area contributed by atoms with E-state index in [9.17, 15) is 20.1 Å². The fourth-order valence-electron chi connectivity index (χ4n) is 3.09. The summed E-state index contributed by atoms with van der Waals surface area (Å²) in [5, 5.41) is 30.7. The smallest absolute Gasteiger partial charge is 0.206 e. The van der Waals surface area contributed by atoms with Crippen molar-refractivity contribution in [1.82, 2.24) is 4.90 Å². The van der Waals surface area contributed by atoms with Crippen LogP contribution >= 0.6 is 11.3 Å². The average Bonchev–Trinajstić information content (AvgIpc) is 3.26. The third-order valence-corrected chi connectivity index (χ3v) is 5.18. The highest BCUT2D eigenvalue weighted by molar-refractivity contribution is 7.12. The van der Waals surface area contributed by atoms with Gasteiger partial charge in [0.15, 0.2) is 0 Å². The molecule has 1 aliphatic rings. The normalized spacial score (nSPS) is 14.2. The average molecular weight is 363 g/mol. The minimum Gasteiger partial charge on any atom is -0.512 e. The van der Waals surface area contributed by atoms with Gasteiger partial charge in [0.05, 0.1) is 29.4 Å². The molecule has 3 rings (SSSR count). The molecule has 1 aliphatic carbocycles. The van der Waals surface area contributed by atoms with Crippen LogP contribution in [0.2, 0.25) is 0 Å². The number of aryl methyl sites for hydroxylation is 1. The predicted octanol–water partition coefficient (Wildman–Crippen LogP) is 2.07. The van der Waals surface area contributed by atoms with Crippen molar-refractivity contribution in [2.75, 3.05) is 32.8 Å². The maximum atomic E-state index is 12.8. The second-order valence-corrected chi connectivity index (χ2v) is 6.85. The van der Waals surface area contributed by atoms with Gasteiger partial charge in [0.25, 0.3) is 0 Å². The standard InChI is InChI=1S/C18H21NO5S/c20-7-5-19(6-8-21)10-12-14(22)3-4-15-17(12)13(11-24-15)18(23)16-2-1-9-25-16/h1-2,9,11,20-22H,3-8,10H2. The van der Waals surface area contributed by atoms with Crippen LogP contribution in [0, 0.1) is 0 Å². The predicted molar refractivity (Wildman–Crippen MR) is 94.9 cm³/mol. The lowest BCUT2D eigenvalue weighted by molar-refractivity contribution is 0.104. The number of hydrogen-bond donors (Lipinski definition) is 3. The highest BCUT2D eigenvalue weighted by atomic mass is 32.1. The van der Waals surface area contributed by atoms with Crippen molar-refractivity contribution in [3.8, 4) is 0 Å². The zero-order chi connectivity index (χ0) is 17.8. The summed E-state index contributed by atoms with van der Waals surface area (Å²) >= 11 is 1.37. The fourth-order valence-corrected chi connectivity index (χ4v) is 3.77. The molecule has 0 saturated heterocycles. The van der Waals surface area contributed by atoms with Crippen molar-refractivity contribution in [3.05, 3.63) is 51.3 Å². The Balaban J connectivity index is 1.96. The highest BCUT2D eigenvalue weighted by Gasteiger charge is 2.29. The molecule has 0 aliphatic heterocycles. The first-order valence-electron chi connectivity index (χ1n) is 8.19. The quantitative estimate of drug-likeness (QED) is 0.622. The summed E-state index contributed by atoms with van der Waals surface area (Å²) in [5.74, 6) is 0.804. The van der Waals surface area contributed by atoms with Crippen LogP contribution in [-0.2, 0) is 6.42 Å². The lowest BCUT2D eigenvalue weighted by Gasteiger charge is -2.25. The summed E-state index contributed by atoms with van der Waals surface area (Å²) in [4.78, 5) is 15.2. The fraction of sp³-hybridized carbons (Fsp3) is 0.389. The molecule has 0 radical (unpaired) electrons. The molecule has 2 aromatic heterocycles. The Bertz CT molecular complexity index is 757. The molecule has 0 atom stereocenters. The zero-order valence-electron chi connectivity index (χ0n) is 13.8. The van der Waals surface area contributed by atoms with Crippen molar-refractivity contribution in [2.24, 2.45) is 0 Å². The number of allylic oxidation sites excluding steroid dienone is 1. The van der Waals surface area contributed by atoms with E-state index in [1.165, 1.54) is 17.6 Å². The second kappa shape index (κ2) is 7.97. The van der Waals surface area contributed by atoms with E-state index >= 15 is 0 Å². The number of carbonyl (C=O) groups is 1. The third kappa shape index (κ3) is 3.69. The van der Waals surface area contributed by atoms with Gasteiger partial charge < -0.3 is 19.7 Å². The van der Waals surface area contributed by atoms with E-state index in [-0.39, 0.29) is 24.8 Å². The topological polar surface area (TPSA) is 94.1 Å². The van der Waals surface area contributed by atoms with Crippen LogP contribution in [0.15, 0.2) is 34.0 Å². The van der Waals surface area contributed by atoms with Gasteiger partial charge in [0.1, 0.15) is 12.0 Å². The molecule has 25 heavy (non-hydrogen) atoms. The maximum Gasteiger partial charge on any atom is 0.206 e. The molecular weight excluding hydrogens is 342 g/mol. The Kier molecular flexibility index (Phi) is 5.70. The molecule has 2 heterocycles. The van der Waals surface area contributed by atoms with Crippen molar-refractivity contribution >= 4 is 22.7 Å². The van der Waals surface area contributed by atoms with Gasteiger partial charge in [-0.25, -0.2) is 0 Å². The van der Waals surface area contributed by atoms with Crippen molar-refractivity contribution in [1.29, 1.82) is 0 Å². The number of thiophene rings is 1. The first-order chi connectivity index (χ1) is 12.2. The van der Waals surface area contributed by atoms with E-state index < -0.39 is 0 Å². The monoisotopic (exact) mass is 363 g/mol. The number of hydrogen-bond acceptors (Lipinski definition) is 7. The molecule has 0 fully saturated rings. The molecule has 7 heteroatoms. The van der Waals surface area contributed by atoms with Crippen LogP contribution in [0.4, 0.5) is 0 Å². The molecule has 0 spiro atoms. The summed E-state index contributed by atoms with van der Waals surface area (Å²) in [7, 11) is 0. The summed E-state index contributed by atoms with van der Waals surface area (Å²) in [6.45, 7) is 0.988. The lowest BCUT2D eigenvalue weighted by Crippen LogP contribution is -2.32. The van der Waals surface area contributed by atoms with Crippen LogP contribution in [0.3, 0.4) is 0 Å². The van der Waals surface area contributed by atoms with Gasteiger partial charge in [-0.3, -0.25) is 9.69 Å². The van der Waals surface area contributed by atoms with Crippen LogP contribution in [-0.4, -0.2) is 58.9 Å². The van der Waals surface area contributed by atoms with E-state index in [1.807, 2.05) is 16.3 Å². The summed E-state index contributed by atoms with van der Waals surface area (Å²) in [5.41, 5.74) is 1.74. The number of ketones is 1. The number of carbonyl (C=O) groups excluding carboxylic acids is 1. The molecular formula is C18H21NO5S. The number of aliphatic hydroxyl groups is 3. The van der Waals surface area contributed by atoms with Gasteiger partial charge in [-0.1, -0.05) is 6.07 Å². The SMILES string of the molecule is O=C(c1cccs1)c1coc2c1C(CN(CCO)CCO)=C(O)CC2. The first-order valence-corrected chi connectivity index (χ1v) is 9.07. The molecule has 0 saturated carbocycles. The Labute approximate surface area is 149 Å². The van der Waals surface area contributed by atoms with Gasteiger partial charge in [-0.05, 0) is 11.4 Å². The van der Waals surface area contributed by atoms with Gasteiger partial charge in [0, 0.05) is 43.6 Å². The van der Waals surface area contributed by atoms with E-state index in [1.54, 1.807) is 6.07 Å². The number of furan rings is 1. The minimum absolute atomic E-state index is 0.0483. The minimum atomic E-state index is -0.122. The molecule has 0 aromatic carbocycles. The third-order valence-electron chi connectivity index (χ3n) is 4.31. The molecule has 6 nitrogen and oxygen atoms in total. The summed E-state index contributed by atoms with van der Waals surface area (Å²) in [6, 6.07) is 3.59. The Morgan fingerprint density at radius 2 is 2.00 bits per heavy atom. The molecule has 0 unspecified atom stereocenters. The zero-order valence-corrected chi connectivity index (χ0v) is 14.6. The highest BCUT2D eigenvalue weighted by Crippen LogP contribution is 2.36. The second-order valence-electron chi connectivity index (χ2n) is 5.90. The maximum absolute atomic E-state index is 12.8. The molecule has 0 bridgehead atoms. The number of rotatable bonds is 8. The number of nitrogens with zero attached hydrogens (tertiary/aromatic N) is 1. The van der Waals surface area contributed by atoms with Crippen LogP contribution in [0.25, 0.3) is 5.57 Å². The number of aliphatic hydroxyl groups excluding tert-OH is 3. The van der Waals surface area contributed by atoms with Gasteiger partial charge >= 0.3 is 0 Å². The first kappa shape index (κ1) is 17.9. The van der Waals surface area contributed by atoms with E-state index in [4.69, 9.17) is 4.42 Å². The van der Waals surface area contributed by atoms with E-state index in [2.05, 4.69) is 0 Å². The summed E-state index contributed by atoms with van der Waals surface area (Å²) < 4.78 is 5.61. The Morgan fingerprint density at radius 3 is 2.64 bits per heavy atom.